The van der Waals surface area contributed by atoms with E-state index in [2.05, 4.69) is 78.6 Å². The Labute approximate surface area is 196 Å². The summed E-state index contributed by atoms with van der Waals surface area (Å²) in [6, 6.07) is 47.6. The highest BCUT2D eigenvalue weighted by Gasteiger charge is 2.08. The number of hydrogen-bond donors (Lipinski definition) is 1. The Morgan fingerprint density at radius 3 is 1.15 bits per heavy atom. The van der Waals surface area contributed by atoms with E-state index in [1.54, 1.807) is 0 Å². The molecule has 0 fully saturated rings. The number of anilines is 2. The van der Waals surface area contributed by atoms with E-state index in [9.17, 15) is 0 Å². The van der Waals surface area contributed by atoms with Gasteiger partial charge in [0.15, 0.2) is 0 Å². The van der Waals surface area contributed by atoms with Gasteiger partial charge < -0.3 is 5.32 Å². The summed E-state index contributed by atoms with van der Waals surface area (Å²) in [6.07, 6.45) is 1.95. The van der Waals surface area contributed by atoms with E-state index in [0.29, 0.717) is 0 Å². The quantitative estimate of drug-likeness (QED) is 0.296. The van der Waals surface area contributed by atoms with Gasteiger partial charge in [-0.1, -0.05) is 128 Å². The van der Waals surface area contributed by atoms with Crippen molar-refractivity contribution in [2.45, 2.75) is 0 Å². The minimum absolute atomic E-state index is 1.12. The van der Waals surface area contributed by atoms with Crippen molar-refractivity contribution in [1.29, 1.82) is 0 Å². The minimum Gasteiger partial charge on any atom is -0.356 e. The zero-order chi connectivity index (χ0) is 22.7. The van der Waals surface area contributed by atoms with Gasteiger partial charge in [-0.3, -0.25) is 0 Å². The van der Waals surface area contributed by atoms with Crippen LogP contribution in [0.25, 0.3) is 28.3 Å². The zero-order valence-corrected chi connectivity index (χ0v) is 18.6. The number of rotatable bonds is 5. The van der Waals surface area contributed by atoms with Crippen LogP contribution in [0, 0.1) is 0 Å². The van der Waals surface area contributed by atoms with Crippen molar-refractivity contribution in [3.05, 3.63) is 152 Å². The molecule has 1 heteroatoms. The minimum atomic E-state index is 1.12. The summed E-state index contributed by atoms with van der Waals surface area (Å²) in [6.45, 7) is 4.00. The van der Waals surface area contributed by atoms with Crippen LogP contribution >= 0.6 is 0 Å². The summed E-state index contributed by atoms with van der Waals surface area (Å²) < 4.78 is 0. The van der Waals surface area contributed by atoms with Crippen LogP contribution in [0.5, 0.6) is 0 Å². The molecule has 1 N–H and O–H groups in total. The molecule has 0 aromatic heterocycles. The Morgan fingerprint density at radius 1 is 0.424 bits per heavy atom. The molecule has 5 rings (SSSR count). The van der Waals surface area contributed by atoms with Crippen molar-refractivity contribution in [2.24, 2.45) is 0 Å². The van der Waals surface area contributed by atoms with Crippen LogP contribution in [-0.4, -0.2) is 0 Å². The lowest BCUT2D eigenvalue weighted by Gasteiger charge is -2.12. The van der Waals surface area contributed by atoms with Crippen LogP contribution in [0.4, 0.5) is 11.4 Å². The fraction of sp³-hybridized carbons (Fsp3) is 0. The molecule has 5 aromatic carbocycles. The number of nitrogens with one attached hydrogen (secondary N) is 1. The number of benzene rings is 5. The summed E-state index contributed by atoms with van der Waals surface area (Å²) in [4.78, 5) is 0. The van der Waals surface area contributed by atoms with Gasteiger partial charge in [-0.2, -0.15) is 0 Å². The molecule has 0 bridgehead atoms. The fourth-order valence-corrected chi connectivity index (χ4v) is 3.73. The molecule has 0 radical (unpaired) electrons. The summed E-state index contributed by atoms with van der Waals surface area (Å²) in [5.41, 5.74) is 8.32. The molecule has 1 nitrogen and oxygen atoms in total. The maximum atomic E-state index is 4.00. The second-order valence-electron chi connectivity index (χ2n) is 7.56. The first-order valence-electron chi connectivity index (χ1n) is 11.1. The molecule has 0 heterocycles. The van der Waals surface area contributed by atoms with E-state index in [1.807, 2.05) is 78.9 Å². The first kappa shape index (κ1) is 21.9. The highest BCUT2D eigenvalue weighted by Crippen LogP contribution is 2.33. The lowest BCUT2D eigenvalue weighted by atomic mass is 9.92. The maximum absolute atomic E-state index is 4.00. The molecule has 0 unspecified atom stereocenters. The number of para-hydroxylation sites is 2. The normalized spacial score (nSPS) is 9.94. The molecule has 0 aliphatic carbocycles. The molecule has 160 valence electrons. The Morgan fingerprint density at radius 2 is 0.788 bits per heavy atom. The standard InChI is InChI=1S/C20H16.C12H11N/c1-2-18-19(16-10-5-3-6-11-16)14-9-15-20(18)17-12-7-4-8-13-17;1-3-7-11(8-4-1)13-12-9-5-2-6-10-12/h2-15H,1H2;1-10,13H. The van der Waals surface area contributed by atoms with Crippen molar-refractivity contribution >= 4 is 17.5 Å². The third-order valence-electron chi connectivity index (χ3n) is 5.32. The molecule has 0 amide bonds. The molecule has 33 heavy (non-hydrogen) atoms. The second kappa shape index (κ2) is 11.3. The third kappa shape index (κ3) is 5.87. The third-order valence-corrected chi connectivity index (χ3v) is 5.32. The highest BCUT2D eigenvalue weighted by molar-refractivity contribution is 5.85. The molecule has 0 saturated carbocycles. The highest BCUT2D eigenvalue weighted by atomic mass is 14.9. The van der Waals surface area contributed by atoms with Gasteiger partial charge >= 0.3 is 0 Å². The largest absolute Gasteiger partial charge is 0.356 e. The fourth-order valence-electron chi connectivity index (χ4n) is 3.73. The lowest BCUT2D eigenvalue weighted by molar-refractivity contribution is 1.55. The van der Waals surface area contributed by atoms with Gasteiger partial charge in [-0.25, -0.2) is 0 Å². The van der Waals surface area contributed by atoms with E-state index in [1.165, 1.54) is 27.8 Å². The van der Waals surface area contributed by atoms with Gasteiger partial charge in [0.05, 0.1) is 0 Å². The second-order valence-corrected chi connectivity index (χ2v) is 7.56. The lowest BCUT2D eigenvalue weighted by Crippen LogP contribution is -1.88. The SMILES string of the molecule is C=Cc1c(-c2ccccc2)cccc1-c1ccccc1.c1ccc(Nc2ccccc2)cc1. The van der Waals surface area contributed by atoms with Crippen molar-refractivity contribution in [2.75, 3.05) is 5.32 Å². The van der Waals surface area contributed by atoms with E-state index < -0.39 is 0 Å². The van der Waals surface area contributed by atoms with Crippen LogP contribution in [-0.2, 0) is 0 Å². The number of hydrogen-bond acceptors (Lipinski definition) is 1. The van der Waals surface area contributed by atoms with Crippen molar-refractivity contribution in [3.8, 4) is 22.3 Å². The van der Waals surface area contributed by atoms with E-state index in [-0.39, 0.29) is 0 Å². The molecule has 5 aromatic rings. The molecule has 0 atom stereocenters. The van der Waals surface area contributed by atoms with Gasteiger partial charge in [0.25, 0.3) is 0 Å². The molecule has 0 spiro atoms. The molecular formula is C32H27N. The summed E-state index contributed by atoms with van der Waals surface area (Å²) >= 11 is 0. The van der Waals surface area contributed by atoms with Gasteiger partial charge in [0.2, 0.25) is 0 Å². The topological polar surface area (TPSA) is 12.0 Å². The molecule has 0 aliphatic rings. The maximum Gasteiger partial charge on any atom is 0.0384 e. The van der Waals surface area contributed by atoms with Crippen molar-refractivity contribution < 1.29 is 0 Å². The van der Waals surface area contributed by atoms with Gasteiger partial charge in [0, 0.05) is 11.4 Å². The predicted octanol–water partition coefficient (Wildman–Crippen LogP) is 9.09. The Bertz CT molecular complexity index is 1170. The Kier molecular flexibility index (Phi) is 7.49. The first-order chi connectivity index (χ1) is 16.3. The summed E-state index contributed by atoms with van der Waals surface area (Å²) in [5.74, 6) is 0. The summed E-state index contributed by atoms with van der Waals surface area (Å²) in [5, 5.41) is 3.30. The van der Waals surface area contributed by atoms with E-state index >= 15 is 0 Å². The average Bonchev–Trinajstić information content (AvgIpc) is 2.91. The van der Waals surface area contributed by atoms with Crippen LogP contribution in [0.3, 0.4) is 0 Å². The molecule has 0 aliphatic heterocycles. The van der Waals surface area contributed by atoms with Crippen molar-refractivity contribution in [3.63, 3.8) is 0 Å². The van der Waals surface area contributed by atoms with Crippen LogP contribution in [0.15, 0.2) is 146 Å². The zero-order valence-electron chi connectivity index (χ0n) is 18.6. The van der Waals surface area contributed by atoms with Crippen LogP contribution in [0.2, 0.25) is 0 Å². The Hall–Kier alpha value is -4.36. The predicted molar refractivity (Wildman–Crippen MR) is 144 cm³/mol. The van der Waals surface area contributed by atoms with E-state index in [4.69, 9.17) is 0 Å². The van der Waals surface area contributed by atoms with Gasteiger partial charge in [-0.15, -0.1) is 0 Å². The monoisotopic (exact) mass is 425 g/mol. The summed E-state index contributed by atoms with van der Waals surface area (Å²) in [7, 11) is 0. The van der Waals surface area contributed by atoms with Crippen LogP contribution < -0.4 is 5.32 Å². The van der Waals surface area contributed by atoms with Gasteiger partial charge in [-0.05, 0) is 52.1 Å². The molecular weight excluding hydrogens is 398 g/mol. The first-order valence-corrected chi connectivity index (χ1v) is 11.1. The van der Waals surface area contributed by atoms with E-state index in [0.717, 1.165) is 11.4 Å². The van der Waals surface area contributed by atoms with Gasteiger partial charge in [0.1, 0.15) is 0 Å². The smallest absolute Gasteiger partial charge is 0.0384 e. The van der Waals surface area contributed by atoms with Crippen LogP contribution in [0.1, 0.15) is 5.56 Å². The average molecular weight is 426 g/mol. The molecule has 0 saturated heterocycles. The Balaban J connectivity index is 0.000000172. The van der Waals surface area contributed by atoms with Crippen molar-refractivity contribution in [1.82, 2.24) is 0 Å².